The van der Waals surface area contributed by atoms with Crippen LogP contribution in [0.5, 0.6) is 0 Å². The Morgan fingerprint density at radius 3 is 2.68 bits per heavy atom. The zero-order valence-electron chi connectivity index (χ0n) is 11.8. The molecular weight excluding hydrogens is 262 g/mol. The molecule has 0 aromatic carbocycles. The Labute approximate surface area is 118 Å². The van der Waals surface area contributed by atoms with Gasteiger partial charge >= 0.3 is 0 Å². The van der Waals surface area contributed by atoms with Gasteiger partial charge < -0.3 is 5.32 Å². The van der Waals surface area contributed by atoms with Gasteiger partial charge in [-0.25, -0.2) is 0 Å². The molecule has 0 saturated heterocycles. The summed E-state index contributed by atoms with van der Waals surface area (Å²) < 4.78 is 1.71. The van der Waals surface area contributed by atoms with Crippen molar-refractivity contribution in [3.8, 4) is 0 Å². The molecule has 0 aliphatic heterocycles. The summed E-state index contributed by atoms with van der Waals surface area (Å²) in [7, 11) is 0. The second kappa shape index (κ2) is 5.74. The average Bonchev–Trinajstić information content (AvgIpc) is 2.84. The Morgan fingerprint density at radius 1 is 1.37 bits per heavy atom. The minimum Gasteiger partial charge on any atom is -0.367 e. The van der Waals surface area contributed by atoms with Crippen molar-refractivity contribution in [2.24, 2.45) is 5.92 Å². The molecule has 2 aromatic heterocycles. The lowest BCUT2D eigenvalue weighted by molar-refractivity contribution is 0.436. The number of rotatable bonds is 5. The molecule has 1 atom stereocenters. The first-order valence-corrected chi connectivity index (χ1v) is 7.08. The number of anilines is 1. The second-order valence-electron chi connectivity index (χ2n) is 4.86. The molecule has 0 aliphatic rings. The van der Waals surface area contributed by atoms with Crippen molar-refractivity contribution in [3.63, 3.8) is 0 Å². The normalized spacial score (nSPS) is 13.2. The largest absolute Gasteiger partial charge is 0.367 e. The van der Waals surface area contributed by atoms with Gasteiger partial charge in [-0.2, -0.15) is 19.6 Å². The van der Waals surface area contributed by atoms with Crippen molar-refractivity contribution in [2.45, 2.75) is 46.6 Å². The third-order valence-electron chi connectivity index (χ3n) is 3.72. The van der Waals surface area contributed by atoms with E-state index in [-0.39, 0.29) is 0 Å². The maximum atomic E-state index is 6.15. The summed E-state index contributed by atoms with van der Waals surface area (Å²) in [5.41, 5.74) is 0.900. The first-order chi connectivity index (χ1) is 9.08. The van der Waals surface area contributed by atoms with Gasteiger partial charge in [0.15, 0.2) is 0 Å². The zero-order valence-corrected chi connectivity index (χ0v) is 12.6. The number of fused-ring (bicyclic) bond motifs is 1. The first-order valence-electron chi connectivity index (χ1n) is 6.70. The summed E-state index contributed by atoms with van der Waals surface area (Å²) in [5.74, 6) is 2.02. The fraction of sp³-hybridized carbons (Fsp3) is 0.615. The third kappa shape index (κ3) is 2.66. The van der Waals surface area contributed by atoms with E-state index in [1.54, 1.807) is 4.52 Å². The zero-order chi connectivity index (χ0) is 14.0. The Morgan fingerprint density at radius 2 is 2.05 bits per heavy atom. The van der Waals surface area contributed by atoms with E-state index in [2.05, 4.69) is 41.2 Å². The van der Waals surface area contributed by atoms with Crippen LogP contribution >= 0.6 is 11.6 Å². The van der Waals surface area contributed by atoms with Gasteiger partial charge in [0.1, 0.15) is 17.3 Å². The van der Waals surface area contributed by atoms with Crippen LogP contribution < -0.4 is 5.32 Å². The topological polar surface area (TPSA) is 55.1 Å². The van der Waals surface area contributed by atoms with E-state index in [1.807, 2.05) is 6.92 Å². The number of nitrogens with one attached hydrogen (secondary N) is 1. The second-order valence-corrected chi connectivity index (χ2v) is 5.22. The van der Waals surface area contributed by atoms with Crippen molar-refractivity contribution in [1.82, 2.24) is 19.6 Å². The molecule has 0 aliphatic carbocycles. The predicted molar refractivity (Wildman–Crippen MR) is 77.7 cm³/mol. The summed E-state index contributed by atoms with van der Waals surface area (Å²) in [4.78, 5) is 8.29. The molecule has 19 heavy (non-hydrogen) atoms. The molecule has 5 nitrogen and oxygen atoms in total. The quantitative estimate of drug-likeness (QED) is 0.854. The van der Waals surface area contributed by atoms with Gasteiger partial charge in [0.2, 0.25) is 0 Å². The Kier molecular flexibility index (Phi) is 4.24. The molecule has 2 rings (SSSR count). The summed E-state index contributed by atoms with van der Waals surface area (Å²) >= 11 is 6.15. The molecular formula is C13H20ClN5. The SMILES string of the molecule is CCC(CC)C(C)Nc1c(C)c(Cl)nc2ncnn12. The molecule has 0 saturated carbocycles. The molecule has 1 N–H and O–H groups in total. The third-order valence-corrected chi connectivity index (χ3v) is 4.09. The van der Waals surface area contributed by atoms with E-state index in [4.69, 9.17) is 11.6 Å². The first kappa shape index (κ1) is 14.1. The lowest BCUT2D eigenvalue weighted by Gasteiger charge is -2.24. The molecule has 6 heteroatoms. The molecule has 0 spiro atoms. The van der Waals surface area contributed by atoms with Gasteiger partial charge in [0.25, 0.3) is 5.78 Å². The number of aromatic nitrogens is 4. The van der Waals surface area contributed by atoms with Crippen LogP contribution in [0.1, 0.15) is 39.2 Å². The van der Waals surface area contributed by atoms with Crippen LogP contribution in [0.3, 0.4) is 0 Å². The average molecular weight is 282 g/mol. The molecule has 0 radical (unpaired) electrons. The Balaban J connectivity index is 2.38. The van der Waals surface area contributed by atoms with Crippen LogP contribution in [-0.4, -0.2) is 25.6 Å². The molecule has 104 valence electrons. The highest BCUT2D eigenvalue weighted by Gasteiger charge is 2.18. The highest BCUT2D eigenvalue weighted by atomic mass is 35.5. The van der Waals surface area contributed by atoms with Crippen molar-refractivity contribution in [2.75, 3.05) is 5.32 Å². The summed E-state index contributed by atoms with van der Waals surface area (Å²) in [6, 6.07) is 0.347. The number of hydrogen-bond donors (Lipinski definition) is 1. The van der Waals surface area contributed by atoms with Crippen molar-refractivity contribution in [3.05, 3.63) is 17.0 Å². The molecule has 0 fully saturated rings. The van der Waals surface area contributed by atoms with Crippen LogP contribution in [-0.2, 0) is 0 Å². The van der Waals surface area contributed by atoms with E-state index in [0.717, 1.165) is 24.2 Å². The maximum absolute atomic E-state index is 6.15. The van der Waals surface area contributed by atoms with E-state index in [9.17, 15) is 0 Å². The maximum Gasteiger partial charge on any atom is 0.255 e. The van der Waals surface area contributed by atoms with E-state index >= 15 is 0 Å². The van der Waals surface area contributed by atoms with Crippen LogP contribution in [0.15, 0.2) is 6.33 Å². The van der Waals surface area contributed by atoms with Crippen LogP contribution in [0.4, 0.5) is 5.82 Å². The predicted octanol–water partition coefficient (Wildman–Crippen LogP) is 3.32. The van der Waals surface area contributed by atoms with E-state index in [1.165, 1.54) is 6.33 Å². The minimum absolute atomic E-state index is 0.347. The molecule has 0 amide bonds. The van der Waals surface area contributed by atoms with Gasteiger partial charge in [-0.3, -0.25) is 0 Å². The van der Waals surface area contributed by atoms with Crippen molar-refractivity contribution < 1.29 is 0 Å². The minimum atomic E-state index is 0.347. The van der Waals surface area contributed by atoms with Crippen molar-refractivity contribution >= 4 is 23.2 Å². The molecule has 2 heterocycles. The fourth-order valence-corrected chi connectivity index (χ4v) is 2.56. The Bertz CT molecular complexity index is 561. The monoisotopic (exact) mass is 281 g/mol. The van der Waals surface area contributed by atoms with Crippen LogP contribution in [0, 0.1) is 12.8 Å². The summed E-state index contributed by atoms with van der Waals surface area (Å²) in [6.45, 7) is 8.56. The van der Waals surface area contributed by atoms with Crippen LogP contribution in [0.2, 0.25) is 5.15 Å². The van der Waals surface area contributed by atoms with Gasteiger partial charge in [0, 0.05) is 11.6 Å². The van der Waals surface area contributed by atoms with Crippen molar-refractivity contribution in [1.29, 1.82) is 0 Å². The lowest BCUT2D eigenvalue weighted by Crippen LogP contribution is -2.27. The molecule has 1 unspecified atom stereocenters. The van der Waals surface area contributed by atoms with E-state index < -0.39 is 0 Å². The summed E-state index contributed by atoms with van der Waals surface area (Å²) in [5, 5.41) is 8.20. The van der Waals surface area contributed by atoms with Crippen LogP contribution in [0.25, 0.3) is 5.78 Å². The smallest absolute Gasteiger partial charge is 0.255 e. The number of nitrogens with zero attached hydrogens (tertiary/aromatic N) is 4. The molecule has 0 bridgehead atoms. The fourth-order valence-electron chi connectivity index (χ4n) is 2.40. The standard InChI is InChI=1S/C13H20ClN5/c1-5-10(6-2)9(4)17-12-8(3)11(14)18-13-15-7-16-19(12)13/h7,9-10,17H,5-6H2,1-4H3. The van der Waals surface area contributed by atoms with Gasteiger partial charge in [-0.05, 0) is 19.8 Å². The van der Waals surface area contributed by atoms with Gasteiger partial charge in [-0.15, -0.1) is 0 Å². The van der Waals surface area contributed by atoms with E-state index in [0.29, 0.717) is 22.9 Å². The number of halogens is 1. The lowest BCUT2D eigenvalue weighted by atomic mass is 9.95. The number of hydrogen-bond acceptors (Lipinski definition) is 4. The Hall–Kier alpha value is -1.36. The highest BCUT2D eigenvalue weighted by Crippen LogP contribution is 2.25. The highest BCUT2D eigenvalue weighted by molar-refractivity contribution is 6.30. The van der Waals surface area contributed by atoms with Gasteiger partial charge in [0.05, 0.1) is 0 Å². The summed E-state index contributed by atoms with van der Waals surface area (Å²) in [6.07, 6.45) is 3.77. The van der Waals surface area contributed by atoms with Gasteiger partial charge in [-0.1, -0.05) is 38.3 Å². The molecule has 2 aromatic rings.